The third-order valence-electron chi connectivity index (χ3n) is 3.30. The van der Waals surface area contributed by atoms with Crippen molar-refractivity contribution in [3.63, 3.8) is 0 Å². The minimum absolute atomic E-state index is 0.125. The molecule has 116 valence electrons. The Morgan fingerprint density at radius 1 is 1.32 bits per heavy atom. The van der Waals surface area contributed by atoms with Crippen molar-refractivity contribution in [1.29, 1.82) is 0 Å². The van der Waals surface area contributed by atoms with Crippen LogP contribution < -0.4 is 0 Å². The Hall–Kier alpha value is -2.27. The van der Waals surface area contributed by atoms with Crippen LogP contribution in [0.3, 0.4) is 0 Å². The van der Waals surface area contributed by atoms with E-state index < -0.39 is 11.9 Å². The summed E-state index contributed by atoms with van der Waals surface area (Å²) in [5, 5.41) is 9.53. The molecule has 0 aliphatic heterocycles. The number of H-pyrrole nitrogens is 1. The molecule has 0 spiro atoms. The zero-order chi connectivity index (χ0) is 16.1. The van der Waals surface area contributed by atoms with Gasteiger partial charge in [-0.2, -0.15) is 0 Å². The number of carboxylic acids is 1. The van der Waals surface area contributed by atoms with Crippen LogP contribution in [0.4, 0.5) is 0 Å². The SMILES string of the molecule is C[C@H](CN(Cc1ccccc1)C(=O)c1cc(Cl)c[nH]1)C(=O)O. The number of nitrogens with one attached hydrogen (secondary N) is 1. The highest BCUT2D eigenvalue weighted by Gasteiger charge is 2.22. The van der Waals surface area contributed by atoms with Gasteiger partial charge in [-0.25, -0.2) is 0 Å². The van der Waals surface area contributed by atoms with E-state index in [0.29, 0.717) is 17.3 Å². The summed E-state index contributed by atoms with van der Waals surface area (Å²) in [7, 11) is 0. The van der Waals surface area contributed by atoms with Gasteiger partial charge < -0.3 is 15.0 Å². The maximum Gasteiger partial charge on any atom is 0.308 e. The van der Waals surface area contributed by atoms with E-state index in [9.17, 15) is 9.59 Å². The number of carboxylic acid groups (broad SMARTS) is 1. The zero-order valence-electron chi connectivity index (χ0n) is 12.1. The van der Waals surface area contributed by atoms with Gasteiger partial charge in [-0.3, -0.25) is 9.59 Å². The molecule has 2 N–H and O–H groups in total. The molecule has 0 radical (unpaired) electrons. The Labute approximate surface area is 133 Å². The zero-order valence-corrected chi connectivity index (χ0v) is 12.9. The van der Waals surface area contributed by atoms with Crippen molar-refractivity contribution in [2.75, 3.05) is 6.54 Å². The van der Waals surface area contributed by atoms with E-state index in [2.05, 4.69) is 4.98 Å². The van der Waals surface area contributed by atoms with Gasteiger partial charge in [0.25, 0.3) is 5.91 Å². The maximum absolute atomic E-state index is 12.6. The van der Waals surface area contributed by atoms with E-state index in [1.807, 2.05) is 30.3 Å². The van der Waals surface area contributed by atoms with Crippen molar-refractivity contribution < 1.29 is 14.7 Å². The van der Waals surface area contributed by atoms with Crippen molar-refractivity contribution in [3.05, 3.63) is 58.9 Å². The molecule has 0 unspecified atom stereocenters. The van der Waals surface area contributed by atoms with Gasteiger partial charge >= 0.3 is 5.97 Å². The van der Waals surface area contributed by atoms with Gasteiger partial charge in [0.1, 0.15) is 5.69 Å². The predicted molar refractivity (Wildman–Crippen MR) is 83.8 cm³/mol. The molecule has 1 aromatic carbocycles. The molecule has 0 bridgehead atoms. The number of carbonyl (C=O) groups is 2. The van der Waals surface area contributed by atoms with Crippen LogP contribution in [0.5, 0.6) is 0 Å². The molecule has 22 heavy (non-hydrogen) atoms. The minimum Gasteiger partial charge on any atom is -0.481 e. The van der Waals surface area contributed by atoms with E-state index >= 15 is 0 Å². The Kier molecular flexibility index (Phi) is 5.22. The first-order valence-corrected chi connectivity index (χ1v) is 7.25. The number of benzene rings is 1. The standard InChI is InChI=1S/C16H17ClN2O3/c1-11(16(21)22)9-19(10-12-5-3-2-4-6-12)15(20)14-7-13(17)8-18-14/h2-8,11,18H,9-10H2,1H3,(H,21,22)/t11-/m1/s1. The number of halogens is 1. The summed E-state index contributed by atoms with van der Waals surface area (Å²) in [5.74, 6) is -1.86. The van der Waals surface area contributed by atoms with Gasteiger partial charge in [0, 0.05) is 19.3 Å². The molecule has 0 saturated heterocycles. The lowest BCUT2D eigenvalue weighted by Crippen LogP contribution is -2.36. The Morgan fingerprint density at radius 3 is 2.55 bits per heavy atom. The molecular weight excluding hydrogens is 304 g/mol. The van der Waals surface area contributed by atoms with Crippen LogP contribution in [0, 0.1) is 5.92 Å². The maximum atomic E-state index is 12.6. The molecule has 6 heteroatoms. The van der Waals surface area contributed by atoms with Gasteiger partial charge in [0.2, 0.25) is 0 Å². The second kappa shape index (κ2) is 7.13. The van der Waals surface area contributed by atoms with E-state index in [-0.39, 0.29) is 12.5 Å². The first-order chi connectivity index (χ1) is 10.5. The van der Waals surface area contributed by atoms with E-state index in [1.54, 1.807) is 6.92 Å². The van der Waals surface area contributed by atoms with Gasteiger partial charge in [-0.15, -0.1) is 0 Å². The molecule has 1 atom stereocenters. The Morgan fingerprint density at radius 2 is 2.00 bits per heavy atom. The summed E-state index contributed by atoms with van der Waals surface area (Å²) in [5.41, 5.74) is 1.28. The minimum atomic E-state index is -0.935. The van der Waals surface area contributed by atoms with Crippen LogP contribution in [0.25, 0.3) is 0 Å². The van der Waals surface area contributed by atoms with Crippen LogP contribution >= 0.6 is 11.6 Å². The summed E-state index contributed by atoms with van der Waals surface area (Å²) < 4.78 is 0. The number of nitrogens with zero attached hydrogens (tertiary/aromatic N) is 1. The smallest absolute Gasteiger partial charge is 0.308 e. The highest BCUT2D eigenvalue weighted by molar-refractivity contribution is 6.30. The van der Waals surface area contributed by atoms with Crippen molar-refractivity contribution >= 4 is 23.5 Å². The highest BCUT2D eigenvalue weighted by Crippen LogP contribution is 2.15. The second-order valence-corrected chi connectivity index (χ2v) is 5.58. The van der Waals surface area contributed by atoms with Crippen molar-refractivity contribution in [2.24, 2.45) is 5.92 Å². The molecule has 0 fully saturated rings. The lowest BCUT2D eigenvalue weighted by molar-refractivity contribution is -0.141. The summed E-state index contributed by atoms with van der Waals surface area (Å²) in [4.78, 5) is 28.0. The Bertz CT molecular complexity index is 654. The molecule has 0 aliphatic rings. The molecule has 0 aliphatic carbocycles. The first-order valence-electron chi connectivity index (χ1n) is 6.87. The van der Waals surface area contributed by atoms with E-state index in [0.717, 1.165) is 5.56 Å². The third-order valence-corrected chi connectivity index (χ3v) is 3.52. The highest BCUT2D eigenvalue weighted by atomic mass is 35.5. The number of rotatable bonds is 6. The fraction of sp³-hybridized carbons (Fsp3) is 0.250. The van der Waals surface area contributed by atoms with Gasteiger partial charge in [0.15, 0.2) is 0 Å². The topological polar surface area (TPSA) is 73.4 Å². The monoisotopic (exact) mass is 320 g/mol. The summed E-state index contributed by atoms with van der Waals surface area (Å²) in [6, 6.07) is 11.0. The average Bonchev–Trinajstić information content (AvgIpc) is 2.93. The van der Waals surface area contributed by atoms with E-state index in [1.165, 1.54) is 17.2 Å². The lowest BCUT2D eigenvalue weighted by atomic mass is 10.1. The predicted octanol–water partition coefficient (Wildman–Crippen LogP) is 3.03. The third kappa shape index (κ3) is 4.11. The molecule has 1 aromatic heterocycles. The van der Waals surface area contributed by atoms with Gasteiger partial charge in [0.05, 0.1) is 10.9 Å². The molecule has 1 heterocycles. The number of aromatic nitrogens is 1. The normalized spacial score (nSPS) is 11.9. The molecule has 1 amide bonds. The number of carbonyl (C=O) groups excluding carboxylic acids is 1. The quantitative estimate of drug-likeness (QED) is 0.859. The molecule has 2 rings (SSSR count). The van der Waals surface area contributed by atoms with Gasteiger partial charge in [-0.05, 0) is 11.6 Å². The van der Waals surface area contributed by atoms with Crippen LogP contribution in [0.15, 0.2) is 42.6 Å². The summed E-state index contributed by atoms with van der Waals surface area (Å²) >= 11 is 5.83. The van der Waals surface area contributed by atoms with Crippen LogP contribution in [-0.4, -0.2) is 33.4 Å². The number of hydrogen-bond acceptors (Lipinski definition) is 2. The first kappa shape index (κ1) is 16.1. The van der Waals surface area contributed by atoms with Crippen LogP contribution in [0.2, 0.25) is 5.02 Å². The summed E-state index contributed by atoms with van der Waals surface area (Å²) in [6.45, 7) is 2.04. The van der Waals surface area contributed by atoms with Crippen molar-refractivity contribution in [1.82, 2.24) is 9.88 Å². The summed E-state index contributed by atoms with van der Waals surface area (Å²) in [6.07, 6.45) is 1.52. The Balaban J connectivity index is 2.20. The number of aliphatic carboxylic acids is 1. The number of hydrogen-bond donors (Lipinski definition) is 2. The molecular formula is C16H17ClN2O3. The van der Waals surface area contributed by atoms with Crippen molar-refractivity contribution in [2.45, 2.75) is 13.5 Å². The largest absolute Gasteiger partial charge is 0.481 e. The second-order valence-electron chi connectivity index (χ2n) is 5.14. The van der Waals surface area contributed by atoms with E-state index in [4.69, 9.17) is 16.7 Å². The van der Waals surface area contributed by atoms with Crippen LogP contribution in [-0.2, 0) is 11.3 Å². The fourth-order valence-corrected chi connectivity index (χ4v) is 2.26. The molecule has 2 aromatic rings. The lowest BCUT2D eigenvalue weighted by Gasteiger charge is -2.24. The average molecular weight is 321 g/mol. The van der Waals surface area contributed by atoms with Gasteiger partial charge in [-0.1, -0.05) is 48.9 Å². The number of aromatic amines is 1. The molecule has 5 nitrogen and oxygen atoms in total. The van der Waals surface area contributed by atoms with Crippen LogP contribution in [0.1, 0.15) is 23.0 Å². The van der Waals surface area contributed by atoms with Crippen molar-refractivity contribution in [3.8, 4) is 0 Å². The molecule has 0 saturated carbocycles. The number of amides is 1. The fourth-order valence-electron chi connectivity index (χ4n) is 2.09.